The average Bonchev–Trinajstić information content (AvgIpc) is 3.76. The topological polar surface area (TPSA) is 364 Å². The number of phosphoric ester groups is 3. The highest BCUT2D eigenvalue weighted by Gasteiger charge is 2.50. The first-order valence-electron chi connectivity index (χ1n) is 19.9. The van der Waals surface area contributed by atoms with Gasteiger partial charge in [-0.1, -0.05) is 69.7 Å². The number of nitrogens with two attached hydrogens (primary N) is 1. The number of fused-ring (bicyclic) bond motifs is 1. The first-order chi connectivity index (χ1) is 29.6. The van der Waals surface area contributed by atoms with Crippen LogP contribution in [-0.4, -0.2) is 123 Å². The standard InChI is InChI=1S/C35H58N7O17P3S/c1-4-5-6-7-8-9-10-11-12-13-14-15-26(44)63-19-18-37-25(43)16-17-38-33(47)30(46)35(2,3)21-56-62(53,54)59-61(51,52)55-20-24-29(58-60(48,49)50)28(45)34(57-24)42-23-41-27-31(36)39-22-40-32(27)42/h8-9,11-12,22-24,28-30,34,45-46H,4-7,10,13-21H2,1-3H3,(H,37,43)(H,38,47)(H,51,52)(H,53,54)(H2,36,39,40)(H2,48,49,50)/b9-8+,12-11+/t24-,28-,29-,30+,34-/m1/s1. The molecule has 24 nitrogen and oxygen atoms in total. The van der Waals surface area contributed by atoms with Crippen molar-refractivity contribution in [1.82, 2.24) is 30.2 Å². The second-order valence-electron chi connectivity index (χ2n) is 14.9. The second kappa shape index (κ2) is 25.7. The lowest BCUT2D eigenvalue weighted by atomic mass is 9.87. The molecule has 2 aromatic rings. The van der Waals surface area contributed by atoms with Gasteiger partial charge in [0.2, 0.25) is 11.8 Å². The van der Waals surface area contributed by atoms with Crippen molar-refractivity contribution < 1.29 is 80.5 Å². The van der Waals surface area contributed by atoms with Crippen molar-refractivity contribution >= 4 is 69.1 Å². The van der Waals surface area contributed by atoms with Crippen molar-refractivity contribution in [1.29, 1.82) is 0 Å². The van der Waals surface area contributed by atoms with E-state index < -0.39 is 84.6 Å². The van der Waals surface area contributed by atoms with Crippen LogP contribution >= 0.6 is 35.2 Å². The number of amides is 2. The summed E-state index contributed by atoms with van der Waals surface area (Å²) in [5, 5.41) is 26.5. The monoisotopic (exact) mass is 973 g/mol. The molecule has 2 unspecified atom stereocenters. The number of hydrogen-bond donors (Lipinski definition) is 9. The molecule has 63 heavy (non-hydrogen) atoms. The molecule has 3 heterocycles. The van der Waals surface area contributed by atoms with Gasteiger partial charge in [0.25, 0.3) is 0 Å². The van der Waals surface area contributed by atoms with Gasteiger partial charge >= 0.3 is 23.5 Å². The summed E-state index contributed by atoms with van der Waals surface area (Å²) < 4.78 is 62.3. The number of unbranched alkanes of at least 4 members (excludes halogenated alkanes) is 4. The maximum atomic E-state index is 12.7. The molecule has 28 heteroatoms. The molecule has 7 atom stereocenters. The molecule has 0 spiro atoms. The third-order valence-corrected chi connectivity index (χ3v) is 13.1. The molecular formula is C35H58N7O17P3S. The fourth-order valence-electron chi connectivity index (χ4n) is 5.75. The molecule has 2 aromatic heterocycles. The number of nitrogen functional groups attached to an aromatic ring is 1. The highest BCUT2D eigenvalue weighted by molar-refractivity contribution is 8.13. The van der Waals surface area contributed by atoms with Crippen LogP contribution in [0.3, 0.4) is 0 Å². The number of nitrogens with one attached hydrogen (secondary N) is 2. The third-order valence-electron chi connectivity index (χ3n) is 9.10. The molecule has 1 aliphatic rings. The van der Waals surface area contributed by atoms with E-state index in [0.717, 1.165) is 54.7 Å². The predicted molar refractivity (Wildman–Crippen MR) is 228 cm³/mol. The van der Waals surface area contributed by atoms with Gasteiger partial charge in [-0.3, -0.25) is 32.5 Å². The number of anilines is 1. The normalized spacial score (nSPS) is 20.8. The molecule has 0 bridgehead atoms. The van der Waals surface area contributed by atoms with Crippen LogP contribution in [0.2, 0.25) is 0 Å². The van der Waals surface area contributed by atoms with Gasteiger partial charge in [-0.2, -0.15) is 4.31 Å². The second-order valence-corrected chi connectivity index (χ2v) is 20.2. The van der Waals surface area contributed by atoms with Crippen molar-refractivity contribution in [3.05, 3.63) is 37.0 Å². The fraction of sp³-hybridized carbons (Fsp3) is 0.657. The number of phosphoric acid groups is 3. The zero-order valence-corrected chi connectivity index (χ0v) is 38.5. The van der Waals surface area contributed by atoms with Crippen LogP contribution in [0.4, 0.5) is 5.82 Å². The molecule has 0 aromatic carbocycles. The van der Waals surface area contributed by atoms with E-state index in [1.54, 1.807) is 0 Å². The van der Waals surface area contributed by atoms with Crippen molar-refractivity contribution in [2.24, 2.45) is 5.41 Å². The van der Waals surface area contributed by atoms with Crippen LogP contribution in [0.15, 0.2) is 37.0 Å². The number of rotatable bonds is 29. The van der Waals surface area contributed by atoms with Gasteiger partial charge in [-0.05, 0) is 32.1 Å². The summed E-state index contributed by atoms with van der Waals surface area (Å²) in [6, 6.07) is 0. The SMILES string of the molecule is CCCCC/C=C/C/C=C/CCCC(=O)SCCNC(=O)CCNC(=O)[C@H](O)C(C)(C)COP(=O)(O)OP(=O)(O)OC[C@H]1O[C@@H](n2cnc3c(N)ncnc32)[C@H](O)[C@@H]1OP(=O)(O)O. The van der Waals surface area contributed by atoms with Crippen molar-refractivity contribution in [2.45, 2.75) is 109 Å². The molecule has 356 valence electrons. The maximum Gasteiger partial charge on any atom is 0.481 e. The zero-order chi connectivity index (χ0) is 46.8. The summed E-state index contributed by atoms with van der Waals surface area (Å²) in [6.07, 6.45) is 9.14. The maximum absolute atomic E-state index is 12.7. The zero-order valence-electron chi connectivity index (χ0n) is 35.0. The Morgan fingerprint density at radius 3 is 2.33 bits per heavy atom. The summed E-state index contributed by atoms with van der Waals surface area (Å²) in [7, 11) is -16.4. The average molecular weight is 974 g/mol. The lowest BCUT2D eigenvalue weighted by molar-refractivity contribution is -0.137. The number of aromatic nitrogens is 4. The van der Waals surface area contributed by atoms with E-state index in [2.05, 4.69) is 65.6 Å². The summed E-state index contributed by atoms with van der Waals surface area (Å²) in [5.74, 6) is -1.07. The number of nitrogens with zero attached hydrogens (tertiary/aromatic N) is 4. The number of hydrogen-bond acceptors (Lipinski definition) is 18. The van der Waals surface area contributed by atoms with E-state index in [0.29, 0.717) is 12.2 Å². The van der Waals surface area contributed by atoms with Gasteiger partial charge in [0.15, 0.2) is 22.8 Å². The van der Waals surface area contributed by atoms with E-state index in [1.165, 1.54) is 33.1 Å². The Bertz CT molecular complexity index is 2020. The van der Waals surface area contributed by atoms with Gasteiger partial charge in [0.05, 0.1) is 19.5 Å². The first-order valence-corrected chi connectivity index (χ1v) is 25.4. The van der Waals surface area contributed by atoms with E-state index in [1.807, 2.05) is 0 Å². The predicted octanol–water partition coefficient (Wildman–Crippen LogP) is 2.92. The Morgan fingerprint density at radius 2 is 1.65 bits per heavy atom. The Morgan fingerprint density at radius 1 is 0.968 bits per heavy atom. The molecule has 1 aliphatic heterocycles. The highest BCUT2D eigenvalue weighted by atomic mass is 32.2. The number of thioether (sulfide) groups is 1. The van der Waals surface area contributed by atoms with Gasteiger partial charge < -0.3 is 50.9 Å². The van der Waals surface area contributed by atoms with E-state index in [9.17, 15) is 57.9 Å². The number of imidazole rings is 1. The number of ether oxygens (including phenoxy) is 1. The van der Waals surface area contributed by atoms with Crippen LogP contribution < -0.4 is 16.4 Å². The summed E-state index contributed by atoms with van der Waals surface area (Å²) in [4.78, 5) is 88.1. The quantitative estimate of drug-likeness (QED) is 0.0321. The number of allylic oxidation sites excluding steroid dienone is 4. The molecule has 1 fully saturated rings. The molecule has 0 radical (unpaired) electrons. The van der Waals surface area contributed by atoms with Crippen molar-refractivity contribution in [3.8, 4) is 0 Å². The van der Waals surface area contributed by atoms with Crippen LogP contribution in [0, 0.1) is 5.41 Å². The lowest BCUT2D eigenvalue weighted by Gasteiger charge is -2.30. The molecular weight excluding hydrogens is 915 g/mol. The molecule has 1 saturated heterocycles. The smallest absolute Gasteiger partial charge is 0.386 e. The Balaban J connectivity index is 1.37. The Hall–Kier alpha value is -2.96. The summed E-state index contributed by atoms with van der Waals surface area (Å²) in [6.45, 7) is 2.70. The van der Waals surface area contributed by atoms with Gasteiger partial charge in [0.1, 0.15) is 36.3 Å². The van der Waals surface area contributed by atoms with Crippen molar-refractivity contribution in [3.63, 3.8) is 0 Å². The first kappa shape index (κ1) is 54.4. The minimum atomic E-state index is -5.57. The lowest BCUT2D eigenvalue weighted by Crippen LogP contribution is -2.46. The van der Waals surface area contributed by atoms with Crippen LogP contribution in [0.5, 0.6) is 0 Å². The minimum absolute atomic E-state index is 0.0189. The molecule has 10 N–H and O–H groups in total. The molecule has 0 aliphatic carbocycles. The largest absolute Gasteiger partial charge is 0.481 e. The number of carbonyl (C=O) groups excluding carboxylic acids is 3. The molecule has 2 amide bonds. The van der Waals surface area contributed by atoms with Gasteiger partial charge in [0, 0.05) is 37.1 Å². The van der Waals surface area contributed by atoms with Crippen molar-refractivity contribution in [2.75, 3.05) is 37.8 Å². The third kappa shape index (κ3) is 19.2. The Kier molecular flexibility index (Phi) is 22.1. The molecule has 3 rings (SSSR count). The van der Waals surface area contributed by atoms with Crippen LogP contribution in [-0.2, 0) is 50.7 Å². The summed E-state index contributed by atoms with van der Waals surface area (Å²) >= 11 is 1.12. The number of aliphatic hydroxyl groups excluding tert-OH is 2. The fourth-order valence-corrected chi connectivity index (χ4v) is 9.30. The van der Waals surface area contributed by atoms with Gasteiger partial charge in [-0.25, -0.2) is 28.6 Å². The summed E-state index contributed by atoms with van der Waals surface area (Å²) in [5.41, 5.74) is 4.27. The number of aliphatic hydroxyl groups is 2. The molecule has 0 saturated carbocycles. The minimum Gasteiger partial charge on any atom is -0.386 e. The van der Waals surface area contributed by atoms with E-state index in [-0.39, 0.29) is 41.6 Å². The highest BCUT2D eigenvalue weighted by Crippen LogP contribution is 2.61. The van der Waals surface area contributed by atoms with E-state index >= 15 is 0 Å². The van der Waals surface area contributed by atoms with Crippen LogP contribution in [0.1, 0.15) is 84.8 Å². The van der Waals surface area contributed by atoms with Crippen LogP contribution in [0.25, 0.3) is 11.2 Å². The van der Waals surface area contributed by atoms with Gasteiger partial charge in [-0.15, -0.1) is 0 Å². The van der Waals surface area contributed by atoms with E-state index in [4.69, 9.17) is 19.5 Å². The Labute approximate surface area is 368 Å². The number of carbonyl (C=O) groups is 3.